The van der Waals surface area contributed by atoms with E-state index < -0.39 is 0 Å². The predicted octanol–water partition coefficient (Wildman–Crippen LogP) is 3.04. The summed E-state index contributed by atoms with van der Waals surface area (Å²) in [5.74, 6) is 0.737. The highest BCUT2D eigenvalue weighted by atomic mass is 35.5. The lowest BCUT2D eigenvalue weighted by Crippen LogP contribution is -1.86. The Morgan fingerprint density at radius 2 is 2.18 bits per heavy atom. The minimum atomic E-state index is 0.737. The van der Waals surface area contributed by atoms with Crippen molar-refractivity contribution in [3.63, 3.8) is 0 Å². The summed E-state index contributed by atoms with van der Waals surface area (Å²) < 4.78 is 0. The van der Waals surface area contributed by atoms with Crippen molar-refractivity contribution in [2.45, 2.75) is 12.8 Å². The van der Waals surface area contributed by atoms with E-state index in [2.05, 4.69) is 19.1 Å². The molecule has 0 atom stereocenters. The van der Waals surface area contributed by atoms with Gasteiger partial charge in [0.15, 0.2) is 0 Å². The van der Waals surface area contributed by atoms with Gasteiger partial charge in [-0.3, -0.25) is 0 Å². The molecule has 59 valence electrons. The average molecular weight is 168 g/mol. The van der Waals surface area contributed by atoms with Gasteiger partial charge in [0.25, 0.3) is 0 Å². The highest BCUT2D eigenvalue weighted by Gasteiger charge is 1.91. The molecule has 1 aromatic rings. The monoisotopic (exact) mass is 167 g/mol. The van der Waals surface area contributed by atoms with Crippen LogP contribution in [0.1, 0.15) is 17.5 Å². The third-order valence-corrected chi connectivity index (χ3v) is 1.86. The number of alkyl halides is 1. The molecule has 0 aliphatic carbocycles. The molecule has 0 aliphatic heterocycles. The summed E-state index contributed by atoms with van der Waals surface area (Å²) in [6.07, 6.45) is 2.11. The molecule has 0 bridgehead atoms. The summed E-state index contributed by atoms with van der Waals surface area (Å²) in [6.45, 7) is 3.86. The molecule has 0 amide bonds. The van der Waals surface area contributed by atoms with Crippen molar-refractivity contribution in [2.75, 3.05) is 5.88 Å². The predicted molar refractivity (Wildman–Crippen MR) is 49.9 cm³/mol. The summed E-state index contributed by atoms with van der Waals surface area (Å²) >= 11 is 5.58. The van der Waals surface area contributed by atoms with Gasteiger partial charge < -0.3 is 0 Å². The molecule has 0 aliphatic rings. The van der Waals surface area contributed by atoms with Crippen LogP contribution in [-0.2, 0) is 6.42 Å². The zero-order valence-corrected chi connectivity index (χ0v) is 7.27. The Kier molecular flexibility index (Phi) is 3.44. The quantitative estimate of drug-likeness (QED) is 0.608. The van der Waals surface area contributed by atoms with Crippen LogP contribution in [-0.4, -0.2) is 5.88 Å². The summed E-state index contributed by atoms with van der Waals surface area (Å²) in [6, 6.07) is 8.25. The van der Waals surface area contributed by atoms with E-state index >= 15 is 0 Å². The normalized spacial score (nSPS) is 10.0. The largest absolute Gasteiger partial charge is 0.127 e. The SMILES string of the molecule is [CH2]c1cccc(CCCCl)c1. The Morgan fingerprint density at radius 1 is 1.36 bits per heavy atom. The van der Waals surface area contributed by atoms with E-state index in [1.165, 1.54) is 5.56 Å². The summed E-state index contributed by atoms with van der Waals surface area (Å²) in [4.78, 5) is 0. The molecular formula is C10H12Cl. The topological polar surface area (TPSA) is 0 Å². The van der Waals surface area contributed by atoms with Crippen LogP contribution in [0.15, 0.2) is 24.3 Å². The van der Waals surface area contributed by atoms with Gasteiger partial charge in [0.1, 0.15) is 0 Å². The number of halogens is 1. The van der Waals surface area contributed by atoms with E-state index in [-0.39, 0.29) is 0 Å². The van der Waals surface area contributed by atoms with Gasteiger partial charge >= 0.3 is 0 Å². The van der Waals surface area contributed by atoms with Gasteiger partial charge in [0, 0.05) is 5.88 Å². The third kappa shape index (κ3) is 2.94. The Bertz CT molecular complexity index is 218. The van der Waals surface area contributed by atoms with Crippen LogP contribution in [0, 0.1) is 6.92 Å². The van der Waals surface area contributed by atoms with Crippen LogP contribution in [0.3, 0.4) is 0 Å². The molecule has 0 nitrogen and oxygen atoms in total. The maximum absolute atomic E-state index is 5.58. The van der Waals surface area contributed by atoms with Crippen LogP contribution in [0.2, 0.25) is 0 Å². The second-order valence-electron chi connectivity index (χ2n) is 2.61. The van der Waals surface area contributed by atoms with Crippen LogP contribution in [0.25, 0.3) is 0 Å². The summed E-state index contributed by atoms with van der Waals surface area (Å²) in [5.41, 5.74) is 2.41. The smallest absolute Gasteiger partial charge is 0.0226 e. The van der Waals surface area contributed by atoms with E-state index in [0.29, 0.717) is 0 Å². The Hall–Kier alpha value is -0.490. The van der Waals surface area contributed by atoms with E-state index in [4.69, 9.17) is 11.6 Å². The molecule has 0 saturated carbocycles. The number of aryl methyl sites for hydroxylation is 1. The number of hydrogen-bond acceptors (Lipinski definition) is 0. The molecule has 11 heavy (non-hydrogen) atoms. The van der Waals surface area contributed by atoms with E-state index in [9.17, 15) is 0 Å². The first-order valence-electron chi connectivity index (χ1n) is 3.80. The van der Waals surface area contributed by atoms with Gasteiger partial charge in [-0.25, -0.2) is 0 Å². The lowest BCUT2D eigenvalue weighted by molar-refractivity contribution is 0.928. The van der Waals surface area contributed by atoms with Crippen LogP contribution in [0.5, 0.6) is 0 Å². The Labute approximate surface area is 73.2 Å². The molecule has 1 radical (unpaired) electrons. The van der Waals surface area contributed by atoms with E-state index in [1.54, 1.807) is 0 Å². The Balaban J connectivity index is 2.56. The molecule has 1 rings (SSSR count). The maximum atomic E-state index is 5.58. The lowest BCUT2D eigenvalue weighted by Gasteiger charge is -1.99. The zero-order chi connectivity index (χ0) is 8.10. The van der Waals surface area contributed by atoms with Gasteiger partial charge in [0.2, 0.25) is 0 Å². The maximum Gasteiger partial charge on any atom is 0.0226 e. The van der Waals surface area contributed by atoms with Crippen LogP contribution >= 0.6 is 11.6 Å². The first-order chi connectivity index (χ1) is 5.33. The van der Waals surface area contributed by atoms with E-state index in [1.807, 2.05) is 12.1 Å². The molecule has 1 aromatic carbocycles. The van der Waals surface area contributed by atoms with Crippen LogP contribution in [0.4, 0.5) is 0 Å². The third-order valence-electron chi connectivity index (χ3n) is 1.59. The average Bonchev–Trinajstić information content (AvgIpc) is 2.01. The van der Waals surface area contributed by atoms with Crippen molar-refractivity contribution in [1.82, 2.24) is 0 Å². The molecule has 0 saturated heterocycles. The van der Waals surface area contributed by atoms with Crippen molar-refractivity contribution in [3.8, 4) is 0 Å². The highest BCUT2D eigenvalue weighted by molar-refractivity contribution is 6.17. The zero-order valence-electron chi connectivity index (χ0n) is 6.52. The summed E-state index contributed by atoms with van der Waals surface area (Å²) in [5, 5.41) is 0. The molecule has 0 N–H and O–H groups in total. The Morgan fingerprint density at radius 3 is 2.82 bits per heavy atom. The van der Waals surface area contributed by atoms with Crippen molar-refractivity contribution in [3.05, 3.63) is 42.3 Å². The fourth-order valence-corrected chi connectivity index (χ4v) is 1.19. The van der Waals surface area contributed by atoms with Crippen molar-refractivity contribution in [2.24, 2.45) is 0 Å². The molecule has 0 spiro atoms. The van der Waals surface area contributed by atoms with Crippen molar-refractivity contribution < 1.29 is 0 Å². The van der Waals surface area contributed by atoms with Gasteiger partial charge in [-0.2, -0.15) is 0 Å². The highest BCUT2D eigenvalue weighted by Crippen LogP contribution is 2.06. The first kappa shape index (κ1) is 8.61. The number of hydrogen-bond donors (Lipinski definition) is 0. The second kappa shape index (κ2) is 4.40. The van der Waals surface area contributed by atoms with Gasteiger partial charge in [-0.1, -0.05) is 24.3 Å². The number of benzene rings is 1. The summed E-state index contributed by atoms with van der Waals surface area (Å²) in [7, 11) is 0. The molecule has 0 unspecified atom stereocenters. The lowest BCUT2D eigenvalue weighted by atomic mass is 10.1. The second-order valence-corrected chi connectivity index (χ2v) is 2.99. The fourth-order valence-electron chi connectivity index (χ4n) is 1.06. The first-order valence-corrected chi connectivity index (χ1v) is 4.33. The van der Waals surface area contributed by atoms with Crippen LogP contribution < -0.4 is 0 Å². The molecule has 0 fully saturated rings. The van der Waals surface area contributed by atoms with Gasteiger partial charge in [-0.05, 0) is 30.9 Å². The van der Waals surface area contributed by atoms with Gasteiger partial charge in [0.05, 0.1) is 0 Å². The molecular weight excluding hydrogens is 156 g/mol. The van der Waals surface area contributed by atoms with Gasteiger partial charge in [-0.15, -0.1) is 11.6 Å². The standard InChI is InChI=1S/C10H12Cl/c1-9-4-2-5-10(8-9)6-3-7-11/h2,4-5,8H,1,3,6-7H2. The fraction of sp³-hybridized carbons (Fsp3) is 0.300. The molecule has 0 aromatic heterocycles. The van der Waals surface area contributed by atoms with Crippen molar-refractivity contribution >= 4 is 11.6 Å². The van der Waals surface area contributed by atoms with E-state index in [0.717, 1.165) is 24.3 Å². The molecule has 1 heteroatoms. The van der Waals surface area contributed by atoms with Crippen molar-refractivity contribution in [1.29, 1.82) is 0 Å². The minimum Gasteiger partial charge on any atom is -0.127 e. The minimum absolute atomic E-state index is 0.737. The number of rotatable bonds is 3. The molecule has 0 heterocycles.